The van der Waals surface area contributed by atoms with Crippen molar-refractivity contribution in [3.8, 4) is 11.3 Å². The van der Waals surface area contributed by atoms with E-state index in [1.807, 2.05) is 19.1 Å². The van der Waals surface area contributed by atoms with Crippen LogP contribution in [0.2, 0.25) is 0 Å². The van der Waals surface area contributed by atoms with Crippen molar-refractivity contribution in [1.29, 1.82) is 0 Å². The predicted molar refractivity (Wildman–Crippen MR) is 80.7 cm³/mol. The van der Waals surface area contributed by atoms with Crippen LogP contribution in [0.4, 0.5) is 4.39 Å². The van der Waals surface area contributed by atoms with Crippen molar-refractivity contribution in [2.24, 2.45) is 5.73 Å². The van der Waals surface area contributed by atoms with E-state index in [0.29, 0.717) is 6.54 Å². The molecule has 0 aliphatic carbocycles. The fraction of sp³-hybridized carbons (Fsp3) is 0.267. The molecular formula is C15H16FN3S. The van der Waals surface area contributed by atoms with Crippen LogP contribution in [0.25, 0.3) is 16.2 Å². The molecule has 0 fully saturated rings. The number of aryl methyl sites for hydroxylation is 2. The molecular weight excluding hydrogens is 273 g/mol. The number of imidazole rings is 1. The lowest BCUT2D eigenvalue weighted by Crippen LogP contribution is -2.06. The van der Waals surface area contributed by atoms with Crippen LogP contribution in [0, 0.1) is 19.7 Å². The third-order valence-electron chi connectivity index (χ3n) is 3.44. The standard InChI is InChI=1S/C15H16FN3S/c1-9-13(7-8-17)19-14(10(2)20-15(19)18-9)11-3-5-12(16)6-4-11/h3-6H,7-8,17H2,1-2H3. The molecule has 0 saturated heterocycles. The topological polar surface area (TPSA) is 43.3 Å². The summed E-state index contributed by atoms with van der Waals surface area (Å²) < 4.78 is 15.3. The van der Waals surface area contributed by atoms with Gasteiger partial charge in [-0.1, -0.05) is 0 Å². The van der Waals surface area contributed by atoms with Crippen molar-refractivity contribution < 1.29 is 4.39 Å². The van der Waals surface area contributed by atoms with Gasteiger partial charge in [-0.25, -0.2) is 9.37 Å². The second kappa shape index (κ2) is 5.00. The van der Waals surface area contributed by atoms with E-state index in [2.05, 4.69) is 16.3 Å². The zero-order chi connectivity index (χ0) is 14.3. The van der Waals surface area contributed by atoms with Gasteiger partial charge in [-0.05, 0) is 50.2 Å². The molecule has 0 aliphatic heterocycles. The molecule has 0 bridgehead atoms. The lowest BCUT2D eigenvalue weighted by molar-refractivity contribution is 0.628. The Morgan fingerprint density at radius 3 is 2.60 bits per heavy atom. The van der Waals surface area contributed by atoms with Crippen LogP contribution in [-0.4, -0.2) is 15.9 Å². The van der Waals surface area contributed by atoms with Crippen LogP contribution in [-0.2, 0) is 6.42 Å². The molecule has 0 saturated carbocycles. The van der Waals surface area contributed by atoms with Crippen LogP contribution in [0.1, 0.15) is 16.3 Å². The van der Waals surface area contributed by atoms with Crippen LogP contribution in [0.15, 0.2) is 24.3 Å². The minimum atomic E-state index is -0.220. The Bertz CT molecular complexity index is 756. The van der Waals surface area contributed by atoms with E-state index in [0.717, 1.165) is 34.0 Å². The highest BCUT2D eigenvalue weighted by Crippen LogP contribution is 2.33. The van der Waals surface area contributed by atoms with E-state index in [-0.39, 0.29) is 5.82 Å². The lowest BCUT2D eigenvalue weighted by Gasteiger charge is -2.06. The monoisotopic (exact) mass is 289 g/mol. The molecule has 1 aromatic carbocycles. The van der Waals surface area contributed by atoms with Gasteiger partial charge >= 0.3 is 0 Å². The molecule has 2 N–H and O–H groups in total. The summed E-state index contributed by atoms with van der Waals surface area (Å²) in [6, 6.07) is 6.60. The number of hydrogen-bond donors (Lipinski definition) is 1. The van der Waals surface area contributed by atoms with E-state index >= 15 is 0 Å². The number of benzene rings is 1. The first-order chi connectivity index (χ1) is 9.61. The van der Waals surface area contributed by atoms with Gasteiger partial charge in [0.1, 0.15) is 5.82 Å². The Morgan fingerprint density at radius 2 is 1.95 bits per heavy atom. The number of thiazole rings is 1. The number of nitrogens with zero attached hydrogens (tertiary/aromatic N) is 2. The summed E-state index contributed by atoms with van der Waals surface area (Å²) in [5, 5.41) is 0. The third kappa shape index (κ3) is 2.03. The van der Waals surface area contributed by atoms with E-state index < -0.39 is 0 Å². The quantitative estimate of drug-likeness (QED) is 0.804. The Labute approximate surface area is 120 Å². The smallest absolute Gasteiger partial charge is 0.194 e. The summed E-state index contributed by atoms with van der Waals surface area (Å²) in [7, 11) is 0. The summed E-state index contributed by atoms with van der Waals surface area (Å²) in [6.07, 6.45) is 0.789. The average Bonchev–Trinajstić information content (AvgIpc) is 2.87. The normalized spacial score (nSPS) is 11.4. The van der Waals surface area contributed by atoms with E-state index in [1.165, 1.54) is 17.0 Å². The average molecular weight is 289 g/mol. The molecule has 5 heteroatoms. The molecule has 2 aromatic heterocycles. The minimum Gasteiger partial charge on any atom is -0.330 e. The molecule has 0 unspecified atom stereocenters. The Morgan fingerprint density at radius 1 is 1.25 bits per heavy atom. The summed E-state index contributed by atoms with van der Waals surface area (Å²) in [6.45, 7) is 4.67. The van der Waals surface area contributed by atoms with Crippen molar-refractivity contribution >= 4 is 16.3 Å². The number of hydrogen-bond acceptors (Lipinski definition) is 3. The minimum absolute atomic E-state index is 0.220. The molecule has 3 aromatic rings. The van der Waals surface area contributed by atoms with Crippen molar-refractivity contribution in [3.63, 3.8) is 0 Å². The van der Waals surface area contributed by atoms with Gasteiger partial charge in [0.05, 0.1) is 11.4 Å². The molecule has 2 heterocycles. The maximum absolute atomic E-state index is 13.1. The van der Waals surface area contributed by atoms with Crippen molar-refractivity contribution in [2.45, 2.75) is 20.3 Å². The van der Waals surface area contributed by atoms with Crippen LogP contribution >= 0.6 is 11.3 Å². The largest absolute Gasteiger partial charge is 0.330 e. The summed E-state index contributed by atoms with van der Waals surface area (Å²) >= 11 is 1.66. The van der Waals surface area contributed by atoms with Gasteiger partial charge in [0.25, 0.3) is 0 Å². The predicted octanol–water partition coefficient (Wildman–Crippen LogP) is 3.32. The number of nitrogens with two attached hydrogens (primary N) is 1. The number of aromatic nitrogens is 2. The van der Waals surface area contributed by atoms with Crippen molar-refractivity contribution in [2.75, 3.05) is 6.54 Å². The van der Waals surface area contributed by atoms with Gasteiger partial charge in [0, 0.05) is 17.0 Å². The summed E-state index contributed by atoms with van der Waals surface area (Å²) in [5.41, 5.74) is 9.97. The van der Waals surface area contributed by atoms with Crippen LogP contribution in [0.3, 0.4) is 0 Å². The molecule has 0 atom stereocenters. The van der Waals surface area contributed by atoms with Crippen molar-refractivity contribution in [1.82, 2.24) is 9.38 Å². The van der Waals surface area contributed by atoms with Gasteiger partial charge in [-0.3, -0.25) is 4.40 Å². The first-order valence-corrected chi connectivity index (χ1v) is 7.36. The maximum atomic E-state index is 13.1. The van der Waals surface area contributed by atoms with E-state index in [4.69, 9.17) is 5.73 Å². The summed E-state index contributed by atoms with van der Waals surface area (Å²) in [5.74, 6) is -0.220. The fourth-order valence-electron chi connectivity index (χ4n) is 2.55. The SMILES string of the molecule is Cc1nc2sc(C)c(-c3ccc(F)cc3)n2c1CCN. The first-order valence-electron chi connectivity index (χ1n) is 6.55. The van der Waals surface area contributed by atoms with Gasteiger partial charge in [-0.2, -0.15) is 0 Å². The zero-order valence-electron chi connectivity index (χ0n) is 11.5. The number of halogens is 1. The maximum Gasteiger partial charge on any atom is 0.194 e. The van der Waals surface area contributed by atoms with Crippen LogP contribution < -0.4 is 5.73 Å². The molecule has 104 valence electrons. The molecule has 0 aliphatic rings. The van der Waals surface area contributed by atoms with E-state index in [9.17, 15) is 4.39 Å². The zero-order valence-corrected chi connectivity index (χ0v) is 12.3. The van der Waals surface area contributed by atoms with Gasteiger partial charge in [-0.15, -0.1) is 11.3 Å². The van der Waals surface area contributed by atoms with Gasteiger partial charge in [0.15, 0.2) is 4.96 Å². The molecule has 3 rings (SSSR count). The molecule has 20 heavy (non-hydrogen) atoms. The van der Waals surface area contributed by atoms with Gasteiger partial charge < -0.3 is 5.73 Å². The Kier molecular flexibility index (Phi) is 3.31. The molecule has 0 amide bonds. The van der Waals surface area contributed by atoms with E-state index in [1.54, 1.807) is 11.3 Å². The highest BCUT2D eigenvalue weighted by Gasteiger charge is 2.17. The van der Waals surface area contributed by atoms with Gasteiger partial charge in [0.2, 0.25) is 0 Å². The molecule has 3 nitrogen and oxygen atoms in total. The third-order valence-corrected chi connectivity index (χ3v) is 4.40. The van der Waals surface area contributed by atoms with Crippen LogP contribution in [0.5, 0.6) is 0 Å². The first kappa shape index (κ1) is 13.3. The Hall–Kier alpha value is -1.72. The molecule has 0 radical (unpaired) electrons. The summed E-state index contributed by atoms with van der Waals surface area (Å²) in [4.78, 5) is 6.76. The highest BCUT2D eigenvalue weighted by atomic mass is 32.1. The Balaban J connectivity index is 2.28. The second-order valence-corrected chi connectivity index (χ2v) is 6.00. The highest BCUT2D eigenvalue weighted by molar-refractivity contribution is 7.17. The fourth-order valence-corrected chi connectivity index (χ4v) is 3.60. The number of fused-ring (bicyclic) bond motifs is 1. The lowest BCUT2D eigenvalue weighted by atomic mass is 10.1. The second-order valence-electron chi connectivity index (χ2n) is 4.81. The number of rotatable bonds is 3. The molecule has 0 spiro atoms. The van der Waals surface area contributed by atoms with Crippen molar-refractivity contribution in [3.05, 3.63) is 46.3 Å².